The Balaban J connectivity index is 1.82. The van der Waals surface area contributed by atoms with E-state index in [0.717, 1.165) is 24.1 Å². The third kappa shape index (κ3) is 3.94. The van der Waals surface area contributed by atoms with Gasteiger partial charge in [-0.15, -0.1) is 0 Å². The Bertz CT molecular complexity index is 772. The molecule has 26 heavy (non-hydrogen) atoms. The average molecular weight is 357 g/mol. The van der Waals surface area contributed by atoms with Gasteiger partial charge in [0.2, 0.25) is 0 Å². The molecule has 0 bridgehead atoms. The second kappa shape index (κ2) is 8.14. The quantitative estimate of drug-likeness (QED) is 0.852. The summed E-state index contributed by atoms with van der Waals surface area (Å²) < 4.78 is 7.07. The van der Waals surface area contributed by atoms with Crippen molar-refractivity contribution < 1.29 is 19.4 Å². The van der Waals surface area contributed by atoms with E-state index in [1.54, 1.807) is 11.1 Å². The first-order valence-electron chi connectivity index (χ1n) is 8.82. The van der Waals surface area contributed by atoms with Crippen molar-refractivity contribution in [1.29, 1.82) is 0 Å². The van der Waals surface area contributed by atoms with E-state index in [2.05, 4.69) is 12.0 Å². The van der Waals surface area contributed by atoms with E-state index in [-0.39, 0.29) is 19.1 Å². The number of carbonyl (C=O) groups excluding carboxylic acids is 1. The summed E-state index contributed by atoms with van der Waals surface area (Å²) in [6, 6.07) is 9.97. The number of carbonyl (C=O) groups is 2. The van der Waals surface area contributed by atoms with Crippen molar-refractivity contribution in [3.8, 4) is 0 Å². The predicted octanol–water partition coefficient (Wildman–Crippen LogP) is 1.81. The highest BCUT2D eigenvalue weighted by Crippen LogP contribution is 2.18. The number of hydrogen-bond donors (Lipinski definition) is 1. The average Bonchev–Trinajstić information content (AvgIpc) is 3.05. The summed E-state index contributed by atoms with van der Waals surface area (Å²) >= 11 is 0. The molecule has 138 valence electrons. The van der Waals surface area contributed by atoms with E-state index < -0.39 is 12.1 Å². The minimum atomic E-state index is -1.05. The fourth-order valence-corrected chi connectivity index (χ4v) is 3.14. The van der Waals surface area contributed by atoms with Gasteiger partial charge in [-0.1, -0.05) is 43.7 Å². The normalized spacial score (nSPS) is 17.3. The first-order chi connectivity index (χ1) is 12.6. The maximum Gasteiger partial charge on any atom is 0.334 e. The van der Waals surface area contributed by atoms with Crippen LogP contribution in [0.2, 0.25) is 0 Å². The van der Waals surface area contributed by atoms with Gasteiger partial charge in [0.25, 0.3) is 5.91 Å². The van der Waals surface area contributed by atoms with Crippen molar-refractivity contribution in [2.75, 3.05) is 19.7 Å². The molecule has 1 aromatic carbocycles. The number of morpholine rings is 1. The number of aliphatic carboxylic acids is 1. The Labute approximate surface area is 152 Å². The predicted molar refractivity (Wildman–Crippen MR) is 95.0 cm³/mol. The van der Waals surface area contributed by atoms with E-state index in [4.69, 9.17) is 9.84 Å². The molecule has 7 heteroatoms. The third-order valence-electron chi connectivity index (χ3n) is 4.47. The minimum Gasteiger partial charge on any atom is -0.479 e. The highest BCUT2D eigenvalue weighted by atomic mass is 16.5. The van der Waals surface area contributed by atoms with Crippen LogP contribution in [0.5, 0.6) is 0 Å². The lowest BCUT2D eigenvalue weighted by Gasteiger charge is -2.30. The van der Waals surface area contributed by atoms with E-state index >= 15 is 0 Å². The minimum absolute atomic E-state index is 0.0591. The van der Waals surface area contributed by atoms with Crippen LogP contribution < -0.4 is 0 Å². The second-order valence-corrected chi connectivity index (χ2v) is 6.35. The SMILES string of the molecule is CCCc1c(C(=O)N2CCO[C@H](C(=O)O)C2)cnn1Cc1ccccc1. The molecule has 7 nitrogen and oxygen atoms in total. The molecular formula is C19H23N3O4. The molecule has 0 saturated carbocycles. The summed E-state index contributed by atoms with van der Waals surface area (Å²) in [5.74, 6) is -1.22. The molecule has 0 spiro atoms. The van der Waals surface area contributed by atoms with E-state index in [0.29, 0.717) is 18.7 Å². The van der Waals surface area contributed by atoms with Crippen molar-refractivity contribution in [1.82, 2.24) is 14.7 Å². The maximum atomic E-state index is 13.0. The first-order valence-corrected chi connectivity index (χ1v) is 8.82. The number of carboxylic acid groups (broad SMARTS) is 1. The number of nitrogens with zero attached hydrogens (tertiary/aromatic N) is 3. The van der Waals surface area contributed by atoms with Crippen molar-refractivity contribution in [2.45, 2.75) is 32.4 Å². The van der Waals surface area contributed by atoms with Crippen LogP contribution in [0.15, 0.2) is 36.5 Å². The van der Waals surface area contributed by atoms with Crippen LogP contribution in [0.3, 0.4) is 0 Å². The van der Waals surface area contributed by atoms with Crippen LogP contribution in [0.1, 0.15) is 35.0 Å². The Morgan fingerprint density at radius 3 is 2.77 bits per heavy atom. The lowest BCUT2D eigenvalue weighted by atomic mass is 10.1. The molecule has 1 aliphatic heterocycles. The number of aromatic nitrogens is 2. The van der Waals surface area contributed by atoms with Gasteiger partial charge in [0, 0.05) is 6.54 Å². The number of carboxylic acids is 1. The van der Waals surface area contributed by atoms with Gasteiger partial charge in [-0.05, 0) is 12.0 Å². The van der Waals surface area contributed by atoms with Crippen molar-refractivity contribution >= 4 is 11.9 Å². The molecule has 2 aromatic rings. The Kier molecular flexibility index (Phi) is 5.68. The van der Waals surface area contributed by atoms with Gasteiger partial charge >= 0.3 is 5.97 Å². The summed E-state index contributed by atoms with van der Waals surface area (Å²) in [6.45, 7) is 3.33. The summed E-state index contributed by atoms with van der Waals surface area (Å²) in [5, 5.41) is 13.6. The smallest absolute Gasteiger partial charge is 0.334 e. The van der Waals surface area contributed by atoms with Crippen molar-refractivity contribution in [2.24, 2.45) is 0 Å². The summed E-state index contributed by atoms with van der Waals surface area (Å²) in [4.78, 5) is 25.7. The first kappa shape index (κ1) is 18.1. The van der Waals surface area contributed by atoms with Crippen molar-refractivity contribution in [3.05, 3.63) is 53.3 Å². The lowest BCUT2D eigenvalue weighted by molar-refractivity contribution is -0.154. The van der Waals surface area contributed by atoms with Crippen molar-refractivity contribution in [3.63, 3.8) is 0 Å². The van der Waals surface area contributed by atoms with Gasteiger partial charge < -0.3 is 14.7 Å². The molecule has 3 rings (SSSR count). The standard InChI is InChI=1S/C19H23N3O4/c1-2-6-16-15(11-20-22(16)12-14-7-4-3-5-8-14)18(23)21-9-10-26-17(13-21)19(24)25/h3-5,7-8,11,17H,2,6,9-10,12-13H2,1H3,(H,24,25)/t17-/m0/s1. The van der Waals surface area contributed by atoms with Crippen LogP contribution in [0, 0.1) is 0 Å². The third-order valence-corrected chi connectivity index (χ3v) is 4.47. The fourth-order valence-electron chi connectivity index (χ4n) is 3.14. The lowest BCUT2D eigenvalue weighted by Crippen LogP contribution is -2.48. The fraction of sp³-hybridized carbons (Fsp3) is 0.421. The second-order valence-electron chi connectivity index (χ2n) is 6.35. The molecule has 2 heterocycles. The molecule has 1 N–H and O–H groups in total. The van der Waals surface area contributed by atoms with Gasteiger partial charge in [-0.3, -0.25) is 9.48 Å². The molecule has 1 atom stereocenters. The van der Waals surface area contributed by atoms with Crippen LogP contribution in [0.25, 0.3) is 0 Å². The zero-order chi connectivity index (χ0) is 18.5. The molecule has 0 radical (unpaired) electrons. The van der Waals surface area contributed by atoms with E-state index in [9.17, 15) is 9.59 Å². The number of hydrogen-bond acceptors (Lipinski definition) is 4. The summed E-state index contributed by atoms with van der Waals surface area (Å²) in [6.07, 6.45) is 2.26. The summed E-state index contributed by atoms with van der Waals surface area (Å²) in [5.41, 5.74) is 2.55. The Morgan fingerprint density at radius 1 is 1.31 bits per heavy atom. The number of benzene rings is 1. The topological polar surface area (TPSA) is 84.7 Å². The van der Waals surface area contributed by atoms with Crippen LogP contribution >= 0.6 is 0 Å². The summed E-state index contributed by atoms with van der Waals surface area (Å²) in [7, 11) is 0. The molecule has 1 aliphatic rings. The Morgan fingerprint density at radius 2 is 2.08 bits per heavy atom. The zero-order valence-electron chi connectivity index (χ0n) is 14.8. The van der Waals surface area contributed by atoms with Gasteiger partial charge in [0.05, 0.1) is 37.2 Å². The van der Waals surface area contributed by atoms with Gasteiger partial charge in [0.15, 0.2) is 6.10 Å². The van der Waals surface area contributed by atoms with Gasteiger partial charge in [-0.25, -0.2) is 4.79 Å². The molecule has 1 saturated heterocycles. The van der Waals surface area contributed by atoms with Gasteiger partial charge in [-0.2, -0.15) is 5.10 Å². The molecule has 1 aromatic heterocycles. The highest BCUT2D eigenvalue weighted by Gasteiger charge is 2.31. The maximum absolute atomic E-state index is 13.0. The molecule has 1 fully saturated rings. The van der Waals surface area contributed by atoms with Crippen LogP contribution in [-0.4, -0.2) is 57.5 Å². The van der Waals surface area contributed by atoms with Crippen LogP contribution in [0.4, 0.5) is 0 Å². The molecule has 1 amide bonds. The van der Waals surface area contributed by atoms with Gasteiger partial charge in [0.1, 0.15) is 0 Å². The molecule has 0 unspecified atom stereocenters. The zero-order valence-corrected chi connectivity index (χ0v) is 14.8. The number of rotatable bonds is 6. The Hall–Kier alpha value is -2.67. The molecular weight excluding hydrogens is 334 g/mol. The number of ether oxygens (including phenoxy) is 1. The number of amides is 1. The molecule has 0 aliphatic carbocycles. The highest BCUT2D eigenvalue weighted by molar-refractivity contribution is 5.95. The monoisotopic (exact) mass is 357 g/mol. The largest absolute Gasteiger partial charge is 0.479 e. The van der Waals surface area contributed by atoms with E-state index in [1.165, 1.54) is 0 Å². The van der Waals surface area contributed by atoms with E-state index in [1.807, 2.05) is 35.0 Å². The van der Waals surface area contributed by atoms with Crippen LogP contribution in [-0.2, 0) is 22.5 Å².